The second-order valence-electron chi connectivity index (χ2n) is 0. The Bertz CT molecular complexity index is 0. The van der Waals surface area contributed by atoms with Gasteiger partial charge in [-0.2, -0.15) is 0 Å². The molecule has 0 saturated carbocycles. The zero-order valence-corrected chi connectivity index (χ0v) is 17.5. The van der Waals surface area contributed by atoms with E-state index in [9.17, 15) is 0 Å². The Balaban J connectivity index is 0. The van der Waals surface area contributed by atoms with Gasteiger partial charge >= 0.3 is 0 Å². The van der Waals surface area contributed by atoms with Crippen LogP contribution in [0.2, 0.25) is 0 Å². The summed E-state index contributed by atoms with van der Waals surface area (Å²) in [6.07, 6.45) is 0. The maximum absolute atomic E-state index is 0. The zero-order chi connectivity index (χ0) is 0. The van der Waals surface area contributed by atoms with Gasteiger partial charge in [-0.3, -0.25) is 0 Å². The molecule has 0 aromatic carbocycles. The average Bonchev–Trinajstić information content (AvgIpc) is 0. The van der Waals surface area contributed by atoms with Gasteiger partial charge in [0.05, 0.1) is 0 Å². The number of rotatable bonds is 0. The summed E-state index contributed by atoms with van der Waals surface area (Å²) in [5.74, 6) is 0. The van der Waals surface area contributed by atoms with Crippen LogP contribution in [0.1, 0.15) is 0 Å². The number of hydrogen-bond donors (Lipinski definition) is 0. The van der Waals surface area contributed by atoms with E-state index in [-0.39, 0.29) is 226 Å². The molecule has 12 radical (unpaired) electrons. The van der Waals surface area contributed by atoms with Crippen LogP contribution in [0.3, 0.4) is 0 Å². The molecule has 0 nitrogen and oxygen atoms in total. The molecular weight excluding hydrogens is 240 g/mol. The molecule has 0 saturated heterocycles. The van der Waals surface area contributed by atoms with Gasteiger partial charge in [-0.1, -0.05) is 0 Å². The molecule has 0 aromatic heterocycles. The van der Waals surface area contributed by atoms with Crippen molar-refractivity contribution >= 4 is 226 Å². The topological polar surface area (TPSA) is 0 Å². The fourth-order valence-electron chi connectivity index (χ4n) is 0. The van der Waals surface area contributed by atoms with Gasteiger partial charge in [0.1, 0.15) is 0 Å². The van der Waals surface area contributed by atoms with E-state index >= 15 is 0 Å². The molecule has 0 aromatic rings. The molecule has 0 fully saturated rings. The molecule has 6 heavy (non-hydrogen) atoms. The van der Waals surface area contributed by atoms with Gasteiger partial charge in [0, 0.05) is 226 Å². The van der Waals surface area contributed by atoms with Gasteiger partial charge in [-0.05, 0) is 0 Å². The van der Waals surface area contributed by atoms with E-state index in [0.717, 1.165) is 0 Å². The Morgan fingerprint density at radius 3 is 0.167 bits per heavy atom. The van der Waals surface area contributed by atoms with Gasteiger partial charge < -0.3 is 0 Å². The van der Waals surface area contributed by atoms with E-state index in [0.29, 0.717) is 0 Å². The van der Waals surface area contributed by atoms with E-state index in [1.807, 2.05) is 0 Å². The number of hydrogen-bond acceptors (Lipinski definition) is 0. The predicted octanol–water partition coefficient (Wildman–Crippen LogP) is -2.28. The minimum absolute atomic E-state index is 0. The van der Waals surface area contributed by atoms with Gasteiger partial charge in [-0.25, -0.2) is 0 Å². The van der Waals surface area contributed by atoms with Crippen LogP contribution in [0.4, 0.5) is 0 Å². The molecule has 0 aliphatic carbocycles. The van der Waals surface area contributed by atoms with Gasteiger partial charge in [0.2, 0.25) is 0 Å². The van der Waals surface area contributed by atoms with Crippen LogP contribution in [-0.4, -0.2) is 226 Å². The molecule has 0 spiro atoms. The molecule has 0 aliphatic heterocycles. The van der Waals surface area contributed by atoms with Crippen molar-refractivity contribution in [2.45, 2.75) is 0 Å². The van der Waals surface area contributed by atoms with Crippen LogP contribution in [0, 0.1) is 0 Å². The smallest absolute Gasteiger partial charge is 0 e. The normalized spacial score (nSPS) is 0. The average molecular weight is 240 g/mol. The Kier molecular flexibility index (Phi) is 183. The van der Waals surface area contributed by atoms with Crippen molar-refractivity contribution in [1.82, 2.24) is 0 Å². The van der Waals surface area contributed by atoms with Crippen LogP contribution in [0.25, 0.3) is 0 Å². The standard InChI is InChI=1S/6Ca. The van der Waals surface area contributed by atoms with Gasteiger partial charge in [-0.15, -0.1) is 0 Å². The second kappa shape index (κ2) is 29.4. The zero-order valence-electron chi connectivity index (χ0n) is 4.24. The van der Waals surface area contributed by atoms with Crippen molar-refractivity contribution in [2.75, 3.05) is 0 Å². The fraction of sp³-hybridized carbons (Fsp3) is 0. The summed E-state index contributed by atoms with van der Waals surface area (Å²) in [4.78, 5) is 0. The van der Waals surface area contributed by atoms with E-state index in [2.05, 4.69) is 0 Å². The second-order valence-corrected chi connectivity index (χ2v) is 0. The Labute approximate surface area is 218 Å². The van der Waals surface area contributed by atoms with E-state index in [4.69, 9.17) is 0 Å². The maximum Gasteiger partial charge on any atom is 0 e. The van der Waals surface area contributed by atoms with Crippen LogP contribution >= 0.6 is 0 Å². The Morgan fingerprint density at radius 2 is 0.167 bits per heavy atom. The van der Waals surface area contributed by atoms with Crippen LogP contribution in [-0.2, 0) is 0 Å². The van der Waals surface area contributed by atoms with Crippen molar-refractivity contribution in [1.29, 1.82) is 0 Å². The monoisotopic (exact) mass is 240 g/mol. The van der Waals surface area contributed by atoms with E-state index < -0.39 is 0 Å². The van der Waals surface area contributed by atoms with Crippen molar-refractivity contribution in [2.24, 2.45) is 0 Å². The molecule has 6 heteroatoms. The Hall–Kier alpha value is 7.56. The first-order valence-electron chi connectivity index (χ1n) is 0. The van der Waals surface area contributed by atoms with Crippen LogP contribution in [0.15, 0.2) is 0 Å². The minimum Gasteiger partial charge on any atom is 0 e. The summed E-state index contributed by atoms with van der Waals surface area (Å²) in [5, 5.41) is 0. The molecule has 12 valence electrons. The maximum atomic E-state index is 0. The van der Waals surface area contributed by atoms with Crippen molar-refractivity contribution in [3.63, 3.8) is 0 Å². The fourth-order valence-corrected chi connectivity index (χ4v) is 0. The van der Waals surface area contributed by atoms with Gasteiger partial charge in [0.15, 0.2) is 0 Å². The van der Waals surface area contributed by atoms with Crippen LogP contribution < -0.4 is 0 Å². The van der Waals surface area contributed by atoms with Crippen LogP contribution in [0.5, 0.6) is 0 Å². The first-order valence-corrected chi connectivity index (χ1v) is 0. The molecule has 0 amide bonds. The van der Waals surface area contributed by atoms with Crippen molar-refractivity contribution in [3.8, 4) is 0 Å². The molecule has 0 N–H and O–H groups in total. The van der Waals surface area contributed by atoms with Crippen molar-refractivity contribution < 1.29 is 0 Å². The van der Waals surface area contributed by atoms with E-state index in [1.165, 1.54) is 0 Å². The first-order chi connectivity index (χ1) is 0. The molecular formula is Ca6. The summed E-state index contributed by atoms with van der Waals surface area (Å²) < 4.78 is 0. The quantitative estimate of drug-likeness (QED) is 0.419. The summed E-state index contributed by atoms with van der Waals surface area (Å²) >= 11 is 0. The third-order valence-electron chi connectivity index (χ3n) is 0. The predicted molar refractivity (Wildman–Crippen MR) is 34.5 cm³/mol. The van der Waals surface area contributed by atoms with Gasteiger partial charge in [0.25, 0.3) is 0 Å². The third kappa shape index (κ3) is 22.6. The molecule has 0 rings (SSSR count). The molecule has 0 bridgehead atoms. The molecule has 0 unspecified atom stereocenters. The molecule has 0 heterocycles. The van der Waals surface area contributed by atoms with E-state index in [1.54, 1.807) is 0 Å². The molecule has 0 atom stereocenters. The largest absolute Gasteiger partial charge is 0 e. The first kappa shape index (κ1) is 37.4. The Morgan fingerprint density at radius 1 is 0.167 bits per heavy atom. The summed E-state index contributed by atoms with van der Waals surface area (Å²) in [6, 6.07) is 0. The summed E-state index contributed by atoms with van der Waals surface area (Å²) in [5.41, 5.74) is 0. The summed E-state index contributed by atoms with van der Waals surface area (Å²) in [6.45, 7) is 0. The SMILES string of the molecule is [Ca].[Ca].[Ca].[Ca].[Ca].[Ca]. The summed E-state index contributed by atoms with van der Waals surface area (Å²) in [7, 11) is 0. The third-order valence-corrected chi connectivity index (χ3v) is 0. The molecule has 0 aliphatic rings. The minimum atomic E-state index is 0. The van der Waals surface area contributed by atoms with Crippen molar-refractivity contribution in [3.05, 3.63) is 0 Å².